The van der Waals surface area contributed by atoms with Gasteiger partial charge in [0.1, 0.15) is 10.8 Å². The van der Waals surface area contributed by atoms with Gasteiger partial charge in [0.15, 0.2) is 5.58 Å². The molecule has 0 atom stereocenters. The van der Waals surface area contributed by atoms with Gasteiger partial charge in [0.25, 0.3) is 0 Å². The normalized spacial score (nSPS) is 11.0. The van der Waals surface area contributed by atoms with Crippen molar-refractivity contribution in [3.05, 3.63) is 34.1 Å². The van der Waals surface area contributed by atoms with Crippen LogP contribution >= 0.6 is 11.3 Å². The molecule has 3 aromatic rings. The van der Waals surface area contributed by atoms with E-state index in [9.17, 15) is 4.79 Å². The third-order valence-corrected chi connectivity index (χ3v) is 3.10. The third-order valence-electron chi connectivity index (χ3n) is 2.19. The standard InChI is InChI=1S/C10H7N3O2S/c11-8-4-16-9(13-8)5-1-2-6-7(3-5)15-10(14)12-6/h1-4H,11H2,(H,12,14). The minimum absolute atomic E-state index is 0.453. The van der Waals surface area contributed by atoms with Crippen LogP contribution in [0.5, 0.6) is 0 Å². The molecule has 2 aromatic heterocycles. The molecule has 0 unspecified atom stereocenters. The molecule has 0 spiro atoms. The van der Waals surface area contributed by atoms with Gasteiger partial charge in [-0.3, -0.25) is 4.98 Å². The zero-order valence-corrected chi connectivity index (χ0v) is 8.88. The van der Waals surface area contributed by atoms with E-state index in [1.807, 2.05) is 6.07 Å². The van der Waals surface area contributed by atoms with Crippen LogP contribution in [0.15, 0.2) is 32.8 Å². The first-order chi connectivity index (χ1) is 7.72. The van der Waals surface area contributed by atoms with Gasteiger partial charge in [-0.1, -0.05) is 0 Å². The predicted molar refractivity (Wildman–Crippen MR) is 62.4 cm³/mol. The number of nitrogens with two attached hydrogens (primary N) is 1. The van der Waals surface area contributed by atoms with Gasteiger partial charge in [0.2, 0.25) is 0 Å². The van der Waals surface area contributed by atoms with E-state index < -0.39 is 5.76 Å². The summed E-state index contributed by atoms with van der Waals surface area (Å²) in [6.07, 6.45) is 0. The van der Waals surface area contributed by atoms with Crippen LogP contribution in [0.2, 0.25) is 0 Å². The molecule has 0 saturated heterocycles. The zero-order valence-electron chi connectivity index (χ0n) is 8.06. The van der Waals surface area contributed by atoms with E-state index in [0.29, 0.717) is 16.9 Å². The monoisotopic (exact) mass is 233 g/mol. The summed E-state index contributed by atoms with van der Waals surface area (Å²) in [4.78, 5) is 17.7. The molecule has 0 aliphatic rings. The Labute approximate surface area is 93.5 Å². The van der Waals surface area contributed by atoms with Crippen molar-refractivity contribution < 1.29 is 4.42 Å². The highest BCUT2D eigenvalue weighted by atomic mass is 32.1. The van der Waals surface area contributed by atoms with Gasteiger partial charge < -0.3 is 10.2 Å². The Kier molecular flexibility index (Phi) is 1.84. The van der Waals surface area contributed by atoms with Gasteiger partial charge in [0.05, 0.1) is 5.52 Å². The van der Waals surface area contributed by atoms with Crippen molar-refractivity contribution in [2.45, 2.75) is 0 Å². The molecule has 0 saturated carbocycles. The number of nitrogen functional groups attached to an aromatic ring is 1. The van der Waals surface area contributed by atoms with Crippen LogP contribution in [-0.4, -0.2) is 9.97 Å². The van der Waals surface area contributed by atoms with Crippen molar-refractivity contribution in [1.82, 2.24) is 9.97 Å². The summed E-state index contributed by atoms with van der Waals surface area (Å²) in [6.45, 7) is 0. The van der Waals surface area contributed by atoms with Gasteiger partial charge in [0, 0.05) is 10.9 Å². The summed E-state index contributed by atoms with van der Waals surface area (Å²) in [5, 5.41) is 2.58. The Hall–Kier alpha value is -2.08. The van der Waals surface area contributed by atoms with Crippen molar-refractivity contribution in [3.8, 4) is 10.6 Å². The molecule has 6 heteroatoms. The van der Waals surface area contributed by atoms with Crippen molar-refractivity contribution in [2.75, 3.05) is 5.73 Å². The Morgan fingerprint density at radius 2 is 2.31 bits per heavy atom. The molecule has 0 aliphatic carbocycles. The topological polar surface area (TPSA) is 84.9 Å². The maximum atomic E-state index is 11.0. The fourth-order valence-corrected chi connectivity index (χ4v) is 2.20. The van der Waals surface area contributed by atoms with Gasteiger partial charge in [-0.15, -0.1) is 11.3 Å². The van der Waals surface area contributed by atoms with Crippen molar-refractivity contribution >= 4 is 28.3 Å². The average Bonchev–Trinajstić information content (AvgIpc) is 2.81. The lowest BCUT2D eigenvalue weighted by molar-refractivity contribution is 0.555. The molecule has 0 radical (unpaired) electrons. The van der Waals surface area contributed by atoms with Crippen LogP contribution in [0.3, 0.4) is 0 Å². The van der Waals surface area contributed by atoms with Crippen molar-refractivity contribution in [1.29, 1.82) is 0 Å². The fourth-order valence-electron chi connectivity index (χ4n) is 1.50. The van der Waals surface area contributed by atoms with Crippen LogP contribution in [0, 0.1) is 0 Å². The van der Waals surface area contributed by atoms with E-state index in [0.717, 1.165) is 10.6 Å². The molecule has 80 valence electrons. The number of aromatic nitrogens is 2. The van der Waals surface area contributed by atoms with Gasteiger partial charge >= 0.3 is 5.76 Å². The molecule has 2 heterocycles. The lowest BCUT2D eigenvalue weighted by Gasteiger charge is -1.94. The number of aromatic amines is 1. The number of nitrogens with zero attached hydrogens (tertiary/aromatic N) is 1. The molecule has 5 nitrogen and oxygen atoms in total. The lowest BCUT2D eigenvalue weighted by Crippen LogP contribution is -1.92. The second kappa shape index (κ2) is 3.21. The highest BCUT2D eigenvalue weighted by Crippen LogP contribution is 2.26. The second-order valence-corrected chi connectivity index (χ2v) is 4.16. The number of hydrogen-bond acceptors (Lipinski definition) is 5. The maximum Gasteiger partial charge on any atom is 0.417 e. The summed E-state index contributed by atoms with van der Waals surface area (Å²) in [5.74, 6) is 0.0430. The number of fused-ring (bicyclic) bond motifs is 1. The number of oxazole rings is 1. The minimum Gasteiger partial charge on any atom is -0.408 e. The predicted octanol–water partition coefficient (Wildman–Crippen LogP) is 1.83. The Bertz CT molecular complexity index is 710. The molecule has 0 bridgehead atoms. The van der Waals surface area contributed by atoms with Crippen LogP contribution < -0.4 is 11.5 Å². The third kappa shape index (κ3) is 1.40. The smallest absolute Gasteiger partial charge is 0.408 e. The molecule has 16 heavy (non-hydrogen) atoms. The SMILES string of the molecule is Nc1csc(-c2ccc3[nH]c(=O)oc3c2)n1. The molecule has 1 aromatic carbocycles. The first kappa shape index (κ1) is 9.17. The highest BCUT2D eigenvalue weighted by molar-refractivity contribution is 7.13. The van der Waals surface area contributed by atoms with Gasteiger partial charge in [-0.25, -0.2) is 9.78 Å². The zero-order chi connectivity index (χ0) is 11.1. The molecule has 3 N–H and O–H groups in total. The molecule has 0 fully saturated rings. The second-order valence-electron chi connectivity index (χ2n) is 3.30. The quantitative estimate of drug-likeness (QED) is 0.671. The minimum atomic E-state index is -0.453. The summed E-state index contributed by atoms with van der Waals surface area (Å²) < 4.78 is 4.97. The van der Waals surface area contributed by atoms with E-state index in [1.54, 1.807) is 17.5 Å². The number of nitrogens with one attached hydrogen (secondary N) is 1. The lowest BCUT2D eigenvalue weighted by atomic mass is 10.2. The summed E-state index contributed by atoms with van der Waals surface area (Å²) in [5.41, 5.74) is 7.64. The first-order valence-corrected chi connectivity index (χ1v) is 5.44. The number of anilines is 1. The van der Waals surface area contributed by atoms with E-state index in [1.165, 1.54) is 11.3 Å². The first-order valence-electron chi connectivity index (χ1n) is 4.56. The number of hydrogen-bond donors (Lipinski definition) is 2. The Balaban J connectivity index is 2.21. The van der Waals surface area contributed by atoms with E-state index in [4.69, 9.17) is 10.2 Å². The van der Waals surface area contributed by atoms with Crippen LogP contribution in [-0.2, 0) is 0 Å². The van der Waals surface area contributed by atoms with Crippen LogP contribution in [0.25, 0.3) is 21.7 Å². The molecule has 0 aliphatic heterocycles. The Morgan fingerprint density at radius 3 is 3.06 bits per heavy atom. The summed E-state index contributed by atoms with van der Waals surface area (Å²) >= 11 is 1.45. The molecule has 3 rings (SSSR count). The maximum absolute atomic E-state index is 11.0. The fraction of sp³-hybridized carbons (Fsp3) is 0. The molecular formula is C10H7N3O2S. The highest BCUT2D eigenvalue weighted by Gasteiger charge is 2.06. The van der Waals surface area contributed by atoms with E-state index in [-0.39, 0.29) is 0 Å². The van der Waals surface area contributed by atoms with Gasteiger partial charge in [-0.05, 0) is 18.2 Å². The number of H-pyrrole nitrogens is 1. The average molecular weight is 233 g/mol. The van der Waals surface area contributed by atoms with E-state index in [2.05, 4.69) is 9.97 Å². The number of benzene rings is 1. The number of rotatable bonds is 1. The van der Waals surface area contributed by atoms with Crippen molar-refractivity contribution in [3.63, 3.8) is 0 Å². The van der Waals surface area contributed by atoms with E-state index >= 15 is 0 Å². The van der Waals surface area contributed by atoms with Crippen LogP contribution in [0.4, 0.5) is 5.82 Å². The Morgan fingerprint density at radius 1 is 1.44 bits per heavy atom. The molecular weight excluding hydrogens is 226 g/mol. The number of thiazole rings is 1. The van der Waals surface area contributed by atoms with Crippen molar-refractivity contribution in [2.24, 2.45) is 0 Å². The van der Waals surface area contributed by atoms with Gasteiger partial charge in [-0.2, -0.15) is 0 Å². The summed E-state index contributed by atoms with van der Waals surface area (Å²) in [7, 11) is 0. The van der Waals surface area contributed by atoms with Crippen LogP contribution in [0.1, 0.15) is 0 Å². The largest absolute Gasteiger partial charge is 0.417 e. The summed E-state index contributed by atoms with van der Waals surface area (Å²) in [6, 6.07) is 5.42. The molecule has 0 amide bonds.